The fourth-order valence-corrected chi connectivity index (χ4v) is 5.75. The van der Waals surface area contributed by atoms with Crippen LogP contribution in [-0.2, 0) is 0 Å². The predicted octanol–water partition coefficient (Wildman–Crippen LogP) is 3.51. The number of anilines is 1. The molecular formula is C26H33ClFN5O2. The molecule has 1 aromatic carbocycles. The number of ether oxygens (including phenoxy) is 1. The van der Waals surface area contributed by atoms with Crippen LogP contribution in [0.15, 0.2) is 24.3 Å². The Morgan fingerprint density at radius 2 is 1.89 bits per heavy atom. The van der Waals surface area contributed by atoms with Gasteiger partial charge in [-0.15, -0.1) is 0 Å². The summed E-state index contributed by atoms with van der Waals surface area (Å²) in [7, 11) is 2.12. The number of piperazine rings is 1. The number of likely N-dealkylation sites (N-methyl/N-ethyl adjacent to an activating group) is 1. The van der Waals surface area contributed by atoms with Gasteiger partial charge < -0.3 is 24.8 Å². The Hall–Kier alpha value is -2.42. The minimum absolute atomic E-state index is 0.0936. The largest absolute Gasteiger partial charge is 0.489 e. The second-order valence-electron chi connectivity index (χ2n) is 9.96. The first-order valence-electron chi connectivity index (χ1n) is 12.4. The van der Waals surface area contributed by atoms with E-state index in [0.717, 1.165) is 13.1 Å². The van der Waals surface area contributed by atoms with Crippen LogP contribution < -0.4 is 15.0 Å². The molecule has 1 N–H and O–H groups in total. The molecule has 2 fully saturated rings. The van der Waals surface area contributed by atoms with E-state index in [1.807, 2.05) is 4.90 Å². The van der Waals surface area contributed by atoms with E-state index >= 15 is 0 Å². The molecule has 3 unspecified atom stereocenters. The Morgan fingerprint density at radius 3 is 2.66 bits per heavy atom. The molecule has 35 heavy (non-hydrogen) atoms. The number of halogens is 2. The lowest BCUT2D eigenvalue weighted by Gasteiger charge is -2.36. The summed E-state index contributed by atoms with van der Waals surface area (Å²) in [4.78, 5) is 25.3. The van der Waals surface area contributed by atoms with Gasteiger partial charge >= 0.3 is 0 Å². The summed E-state index contributed by atoms with van der Waals surface area (Å²) < 4.78 is 21.2. The highest BCUT2D eigenvalue weighted by Crippen LogP contribution is 2.44. The van der Waals surface area contributed by atoms with Crippen molar-refractivity contribution < 1.29 is 13.9 Å². The molecule has 0 spiro atoms. The van der Waals surface area contributed by atoms with Crippen LogP contribution in [0.5, 0.6) is 5.75 Å². The molecule has 9 heteroatoms. The first kappa shape index (κ1) is 24.3. The highest BCUT2D eigenvalue weighted by molar-refractivity contribution is 6.35. The van der Waals surface area contributed by atoms with Crippen molar-refractivity contribution in [2.45, 2.75) is 38.9 Å². The number of hydrogen-bond donors (Lipinski definition) is 1. The summed E-state index contributed by atoms with van der Waals surface area (Å²) in [6.45, 7) is 10.4. The second-order valence-corrected chi connectivity index (χ2v) is 10.3. The van der Waals surface area contributed by atoms with Gasteiger partial charge in [0, 0.05) is 50.4 Å². The molecule has 2 saturated heterocycles. The van der Waals surface area contributed by atoms with E-state index in [2.05, 4.69) is 42.9 Å². The van der Waals surface area contributed by atoms with Gasteiger partial charge in [0.25, 0.3) is 5.91 Å². The van der Waals surface area contributed by atoms with Crippen molar-refractivity contribution in [2.24, 2.45) is 5.92 Å². The number of carbonyl (C=O) groups excluding carboxylic acids is 1. The number of nitrogens with one attached hydrogen (secondary N) is 1. The minimum Gasteiger partial charge on any atom is -0.489 e. The fraction of sp³-hybridized carbons (Fsp3) is 0.538. The van der Waals surface area contributed by atoms with Crippen molar-refractivity contribution in [3.8, 4) is 17.0 Å². The summed E-state index contributed by atoms with van der Waals surface area (Å²) in [6.07, 6.45) is 0. The predicted molar refractivity (Wildman–Crippen MR) is 136 cm³/mol. The third-order valence-electron chi connectivity index (χ3n) is 8.12. The van der Waals surface area contributed by atoms with E-state index in [1.54, 1.807) is 18.2 Å². The van der Waals surface area contributed by atoms with Crippen molar-refractivity contribution in [1.82, 2.24) is 20.1 Å². The van der Waals surface area contributed by atoms with Gasteiger partial charge in [-0.1, -0.05) is 30.7 Å². The molecule has 0 aliphatic carbocycles. The Kier molecular flexibility index (Phi) is 6.63. The number of carbonyl (C=O) groups is 1. The molecule has 1 aromatic heterocycles. The normalized spacial score (nSPS) is 27.5. The van der Waals surface area contributed by atoms with Gasteiger partial charge in [-0.2, -0.15) is 0 Å². The SMILES string of the molecule is CC1C(C)N(C)CCN(c2nc(-c3ccccc3F)c(Cl)c3c2C(=O)N2CCNCC2CO3)[C@H]1C. The molecule has 3 aliphatic rings. The van der Waals surface area contributed by atoms with Crippen molar-refractivity contribution in [2.75, 3.05) is 51.3 Å². The van der Waals surface area contributed by atoms with Gasteiger partial charge in [0.1, 0.15) is 28.8 Å². The summed E-state index contributed by atoms with van der Waals surface area (Å²) in [5.41, 5.74) is 0.979. The molecule has 2 aromatic rings. The average molecular weight is 502 g/mol. The Bertz CT molecular complexity index is 1130. The van der Waals surface area contributed by atoms with Crippen LogP contribution in [0.4, 0.5) is 10.2 Å². The van der Waals surface area contributed by atoms with Gasteiger partial charge in [0.2, 0.25) is 0 Å². The molecule has 5 rings (SSSR count). The topological polar surface area (TPSA) is 60.9 Å². The number of nitrogens with zero attached hydrogens (tertiary/aromatic N) is 4. The second kappa shape index (κ2) is 9.56. The van der Waals surface area contributed by atoms with E-state index < -0.39 is 5.82 Å². The zero-order chi connectivity index (χ0) is 24.9. The van der Waals surface area contributed by atoms with Crippen molar-refractivity contribution in [3.63, 3.8) is 0 Å². The third-order valence-corrected chi connectivity index (χ3v) is 8.47. The number of pyridine rings is 1. The summed E-state index contributed by atoms with van der Waals surface area (Å²) >= 11 is 6.86. The smallest absolute Gasteiger partial charge is 0.261 e. The molecule has 188 valence electrons. The maximum atomic E-state index is 14.9. The van der Waals surface area contributed by atoms with Crippen LogP contribution in [0, 0.1) is 11.7 Å². The maximum Gasteiger partial charge on any atom is 0.261 e. The number of benzene rings is 1. The van der Waals surface area contributed by atoms with Gasteiger partial charge in [0.05, 0.1) is 11.7 Å². The zero-order valence-corrected chi connectivity index (χ0v) is 21.5. The molecule has 0 saturated carbocycles. The average Bonchev–Trinajstić information content (AvgIpc) is 3.07. The van der Waals surface area contributed by atoms with Crippen LogP contribution >= 0.6 is 11.6 Å². The monoisotopic (exact) mass is 501 g/mol. The molecule has 4 heterocycles. The number of aromatic nitrogens is 1. The van der Waals surface area contributed by atoms with Gasteiger partial charge in [-0.3, -0.25) is 4.79 Å². The molecule has 0 bridgehead atoms. The summed E-state index contributed by atoms with van der Waals surface area (Å²) in [6, 6.07) is 6.80. The van der Waals surface area contributed by atoms with Crippen LogP contribution in [-0.4, -0.2) is 85.2 Å². The van der Waals surface area contributed by atoms with Crippen molar-refractivity contribution in [1.29, 1.82) is 0 Å². The number of hydrogen-bond acceptors (Lipinski definition) is 6. The van der Waals surface area contributed by atoms with E-state index in [1.165, 1.54) is 6.07 Å². The molecule has 1 amide bonds. The van der Waals surface area contributed by atoms with E-state index in [4.69, 9.17) is 21.3 Å². The highest BCUT2D eigenvalue weighted by Gasteiger charge is 2.40. The standard InChI is InChI=1S/C26H33ClFN5O2/c1-15-16(2)31(4)11-12-32(17(15)3)25-21-24(35-14-18-13-29-9-10-33(18)26(21)34)22(27)23(30-25)19-7-5-6-8-20(19)28/h5-8,15-18,29H,9-14H2,1-4H3/t15?,16?,17-,18?/m0/s1. The van der Waals surface area contributed by atoms with Crippen molar-refractivity contribution >= 4 is 23.3 Å². The molecule has 0 radical (unpaired) electrons. The van der Waals surface area contributed by atoms with Crippen LogP contribution in [0.1, 0.15) is 31.1 Å². The Labute approximate surface area is 211 Å². The molecule has 3 aliphatic heterocycles. The van der Waals surface area contributed by atoms with E-state index in [-0.39, 0.29) is 23.0 Å². The fourth-order valence-electron chi connectivity index (χ4n) is 5.46. The summed E-state index contributed by atoms with van der Waals surface area (Å²) in [5, 5.41) is 3.52. The first-order chi connectivity index (χ1) is 16.8. The molecule has 7 nitrogen and oxygen atoms in total. The van der Waals surface area contributed by atoms with E-state index in [9.17, 15) is 9.18 Å². The van der Waals surface area contributed by atoms with Crippen LogP contribution in [0.3, 0.4) is 0 Å². The molecule has 4 atom stereocenters. The Morgan fingerprint density at radius 1 is 1.11 bits per heavy atom. The number of fused-ring (bicyclic) bond motifs is 2. The Balaban J connectivity index is 1.73. The van der Waals surface area contributed by atoms with Crippen LogP contribution in [0.2, 0.25) is 5.02 Å². The van der Waals surface area contributed by atoms with Crippen LogP contribution in [0.25, 0.3) is 11.3 Å². The zero-order valence-electron chi connectivity index (χ0n) is 20.7. The molecular weight excluding hydrogens is 469 g/mol. The third kappa shape index (κ3) is 4.15. The summed E-state index contributed by atoms with van der Waals surface area (Å²) in [5.74, 6) is 0.591. The van der Waals surface area contributed by atoms with E-state index in [0.29, 0.717) is 66.6 Å². The number of amides is 1. The maximum absolute atomic E-state index is 14.9. The quantitative estimate of drug-likeness (QED) is 0.679. The minimum atomic E-state index is -0.417. The van der Waals surface area contributed by atoms with Gasteiger partial charge in [-0.05, 0) is 38.9 Å². The lowest BCUT2D eigenvalue weighted by atomic mass is 9.94. The van der Waals surface area contributed by atoms with Gasteiger partial charge in [-0.25, -0.2) is 9.37 Å². The lowest BCUT2D eigenvalue weighted by molar-refractivity contribution is 0.0606. The van der Waals surface area contributed by atoms with Crippen molar-refractivity contribution in [3.05, 3.63) is 40.7 Å². The number of rotatable bonds is 2. The lowest BCUT2D eigenvalue weighted by Crippen LogP contribution is -2.55. The highest BCUT2D eigenvalue weighted by atomic mass is 35.5. The first-order valence-corrected chi connectivity index (χ1v) is 12.8. The van der Waals surface area contributed by atoms with Gasteiger partial charge in [0.15, 0.2) is 5.75 Å².